The number of aromatic hydroxyl groups is 1. The highest BCUT2D eigenvalue weighted by molar-refractivity contribution is 6.31. The lowest BCUT2D eigenvalue weighted by atomic mass is 9.91. The van der Waals surface area contributed by atoms with Gasteiger partial charge in [0.25, 0.3) is 0 Å². The van der Waals surface area contributed by atoms with Crippen molar-refractivity contribution in [2.45, 2.75) is 31.7 Å². The fraction of sp³-hybridized carbons (Fsp3) is 0.300. The molecule has 1 aromatic heterocycles. The van der Waals surface area contributed by atoms with E-state index < -0.39 is 0 Å². The molecule has 3 aromatic rings. The molecule has 5 heteroatoms. The number of nitrogens with one attached hydrogen (secondary N) is 2. The van der Waals surface area contributed by atoms with Gasteiger partial charge in [-0.2, -0.15) is 0 Å². The molecule has 0 fully saturated rings. The van der Waals surface area contributed by atoms with Gasteiger partial charge in [-0.05, 0) is 73.7 Å². The molecule has 1 atom stereocenters. The van der Waals surface area contributed by atoms with E-state index in [-0.39, 0.29) is 12.4 Å². The maximum atomic E-state index is 9.35. The summed E-state index contributed by atoms with van der Waals surface area (Å²) in [4.78, 5) is 3.60. The number of aromatic nitrogens is 1. The molecular weight excluding hydrogens is 355 g/mol. The van der Waals surface area contributed by atoms with E-state index in [1.807, 2.05) is 18.2 Å². The van der Waals surface area contributed by atoms with Crippen molar-refractivity contribution >= 4 is 34.9 Å². The molecule has 1 aliphatic carbocycles. The van der Waals surface area contributed by atoms with E-state index in [4.69, 9.17) is 11.6 Å². The summed E-state index contributed by atoms with van der Waals surface area (Å²) in [5, 5.41) is 15.1. The van der Waals surface area contributed by atoms with E-state index in [9.17, 15) is 5.11 Å². The number of halogens is 2. The predicted octanol–water partition coefficient (Wildman–Crippen LogP) is 5.16. The van der Waals surface area contributed by atoms with Gasteiger partial charge >= 0.3 is 0 Å². The minimum atomic E-state index is 0. The van der Waals surface area contributed by atoms with Crippen LogP contribution in [0.25, 0.3) is 10.9 Å². The highest BCUT2D eigenvalue weighted by Crippen LogP contribution is 2.35. The first-order chi connectivity index (χ1) is 11.7. The first-order valence-corrected chi connectivity index (χ1v) is 8.90. The van der Waals surface area contributed by atoms with Crippen LogP contribution in [-0.4, -0.2) is 16.6 Å². The van der Waals surface area contributed by atoms with Crippen LogP contribution in [0.3, 0.4) is 0 Å². The Morgan fingerprint density at radius 1 is 1.16 bits per heavy atom. The number of H-pyrrole nitrogens is 1. The highest BCUT2D eigenvalue weighted by Gasteiger charge is 2.23. The largest absolute Gasteiger partial charge is 0.508 e. The van der Waals surface area contributed by atoms with Gasteiger partial charge in [-0.15, -0.1) is 12.4 Å². The fourth-order valence-electron chi connectivity index (χ4n) is 3.69. The Kier molecular flexibility index (Phi) is 5.57. The van der Waals surface area contributed by atoms with Crippen LogP contribution in [0, 0.1) is 0 Å². The average molecular weight is 377 g/mol. The zero-order chi connectivity index (χ0) is 16.5. The topological polar surface area (TPSA) is 48.0 Å². The Bertz CT molecular complexity index is 858. The van der Waals surface area contributed by atoms with Crippen LogP contribution >= 0.6 is 24.0 Å². The Labute approximate surface area is 158 Å². The Hall–Kier alpha value is -1.68. The predicted molar refractivity (Wildman–Crippen MR) is 106 cm³/mol. The second-order valence-electron chi connectivity index (χ2n) is 6.52. The van der Waals surface area contributed by atoms with E-state index in [1.54, 1.807) is 12.1 Å². The Morgan fingerprint density at radius 2 is 1.96 bits per heavy atom. The molecule has 0 radical (unpaired) electrons. The van der Waals surface area contributed by atoms with Crippen LogP contribution in [0.15, 0.2) is 42.5 Å². The molecule has 0 bridgehead atoms. The van der Waals surface area contributed by atoms with Gasteiger partial charge in [-0.25, -0.2) is 0 Å². The van der Waals surface area contributed by atoms with Crippen LogP contribution in [0.1, 0.15) is 35.7 Å². The first kappa shape index (κ1) is 18.1. The van der Waals surface area contributed by atoms with Gasteiger partial charge in [0.1, 0.15) is 5.75 Å². The van der Waals surface area contributed by atoms with Crippen molar-refractivity contribution in [2.75, 3.05) is 6.54 Å². The molecule has 132 valence electrons. The molecule has 3 nitrogen and oxygen atoms in total. The zero-order valence-electron chi connectivity index (χ0n) is 13.9. The van der Waals surface area contributed by atoms with Crippen LogP contribution in [0.2, 0.25) is 5.02 Å². The number of phenolic OH excluding ortho intramolecular Hbond substituents is 1. The molecule has 1 heterocycles. The molecule has 0 saturated carbocycles. The van der Waals surface area contributed by atoms with Gasteiger partial charge in [-0.3, -0.25) is 0 Å². The summed E-state index contributed by atoms with van der Waals surface area (Å²) in [7, 11) is 0. The average Bonchev–Trinajstić information content (AvgIpc) is 2.95. The van der Waals surface area contributed by atoms with Gasteiger partial charge in [0.2, 0.25) is 0 Å². The lowest BCUT2D eigenvalue weighted by Crippen LogP contribution is -2.27. The number of phenols is 1. The van der Waals surface area contributed by atoms with Crippen molar-refractivity contribution in [3.63, 3.8) is 0 Å². The summed E-state index contributed by atoms with van der Waals surface area (Å²) in [6.45, 7) is 0.922. The summed E-state index contributed by atoms with van der Waals surface area (Å²) in [6, 6.07) is 13.9. The Balaban J connectivity index is 0.00000182. The molecule has 4 rings (SSSR count). The monoisotopic (exact) mass is 376 g/mol. The van der Waals surface area contributed by atoms with Gasteiger partial charge in [0.15, 0.2) is 0 Å². The number of aryl methyl sites for hydroxylation is 1. The number of fused-ring (bicyclic) bond motifs is 3. The van der Waals surface area contributed by atoms with E-state index >= 15 is 0 Å². The van der Waals surface area contributed by atoms with Gasteiger partial charge in [-0.1, -0.05) is 23.7 Å². The van der Waals surface area contributed by atoms with Crippen molar-refractivity contribution in [1.29, 1.82) is 0 Å². The lowest BCUT2D eigenvalue weighted by Gasteiger charge is -2.24. The smallest absolute Gasteiger partial charge is 0.115 e. The van der Waals surface area contributed by atoms with E-state index in [2.05, 4.69) is 22.4 Å². The highest BCUT2D eigenvalue weighted by atomic mass is 35.5. The Morgan fingerprint density at radius 3 is 2.76 bits per heavy atom. The molecule has 2 aromatic carbocycles. The van der Waals surface area contributed by atoms with E-state index in [1.165, 1.54) is 34.1 Å². The minimum Gasteiger partial charge on any atom is -0.508 e. The van der Waals surface area contributed by atoms with Gasteiger partial charge in [0, 0.05) is 27.7 Å². The van der Waals surface area contributed by atoms with E-state index in [0.717, 1.165) is 30.8 Å². The third-order valence-electron chi connectivity index (χ3n) is 4.91. The third-order valence-corrected chi connectivity index (χ3v) is 5.15. The molecule has 0 aliphatic heterocycles. The van der Waals surface area contributed by atoms with Crippen molar-refractivity contribution in [3.8, 4) is 5.75 Å². The van der Waals surface area contributed by atoms with Crippen LogP contribution in [0.4, 0.5) is 0 Å². The minimum absolute atomic E-state index is 0. The summed E-state index contributed by atoms with van der Waals surface area (Å²) in [6.07, 6.45) is 4.43. The van der Waals surface area contributed by atoms with Crippen molar-refractivity contribution in [1.82, 2.24) is 10.3 Å². The van der Waals surface area contributed by atoms with Crippen molar-refractivity contribution < 1.29 is 5.11 Å². The second kappa shape index (κ2) is 7.69. The summed E-state index contributed by atoms with van der Waals surface area (Å²) in [5.74, 6) is 0.320. The lowest BCUT2D eigenvalue weighted by molar-refractivity contribution is 0.456. The number of aromatic amines is 1. The maximum Gasteiger partial charge on any atom is 0.115 e. The van der Waals surface area contributed by atoms with Crippen LogP contribution in [-0.2, 0) is 12.8 Å². The van der Waals surface area contributed by atoms with Gasteiger partial charge < -0.3 is 15.4 Å². The molecule has 0 saturated heterocycles. The number of benzene rings is 2. The standard InChI is InChI=1S/C20H21ClN2O.ClH/c21-14-6-9-18-17(12-14)16-2-1-3-19(20(16)23-18)22-11-10-13-4-7-15(24)8-5-13;/h4-9,12,19,22-24H,1-3,10-11H2;1H. The molecule has 0 amide bonds. The van der Waals surface area contributed by atoms with E-state index in [0.29, 0.717) is 11.8 Å². The van der Waals surface area contributed by atoms with Gasteiger partial charge in [0.05, 0.1) is 0 Å². The summed E-state index contributed by atoms with van der Waals surface area (Å²) in [5.41, 5.74) is 5.15. The van der Waals surface area contributed by atoms with Crippen LogP contribution in [0.5, 0.6) is 5.75 Å². The quantitative estimate of drug-likeness (QED) is 0.588. The first-order valence-electron chi connectivity index (χ1n) is 8.52. The fourth-order valence-corrected chi connectivity index (χ4v) is 3.86. The molecular formula is C20H22Cl2N2O. The summed E-state index contributed by atoms with van der Waals surface area (Å²) >= 11 is 6.17. The molecule has 25 heavy (non-hydrogen) atoms. The number of hydrogen-bond acceptors (Lipinski definition) is 2. The second-order valence-corrected chi connectivity index (χ2v) is 6.96. The summed E-state index contributed by atoms with van der Waals surface area (Å²) < 4.78 is 0. The number of rotatable bonds is 4. The molecule has 1 unspecified atom stereocenters. The molecule has 1 aliphatic rings. The maximum absolute atomic E-state index is 9.35. The normalized spacial score (nSPS) is 16.4. The van der Waals surface area contributed by atoms with Crippen molar-refractivity contribution in [2.24, 2.45) is 0 Å². The molecule has 0 spiro atoms. The number of hydrogen-bond donors (Lipinski definition) is 3. The molecule has 3 N–H and O–H groups in total. The third kappa shape index (κ3) is 3.79. The SMILES string of the molecule is Cl.Oc1ccc(CCNC2CCCc3c2[nH]c2ccc(Cl)cc32)cc1. The van der Waals surface area contributed by atoms with Crippen molar-refractivity contribution in [3.05, 3.63) is 64.3 Å². The zero-order valence-corrected chi connectivity index (χ0v) is 15.5. The van der Waals surface area contributed by atoms with Crippen LogP contribution < -0.4 is 5.32 Å².